The Morgan fingerprint density at radius 1 is 1.31 bits per heavy atom. The van der Waals surface area contributed by atoms with Gasteiger partial charge >= 0.3 is 0 Å². The number of unbranched alkanes of at least 4 members (excludes halogenated alkanes) is 1. The number of rotatable bonds is 5. The lowest BCUT2D eigenvalue weighted by molar-refractivity contribution is -0.128. The molecule has 3 nitrogen and oxygen atoms in total. The summed E-state index contributed by atoms with van der Waals surface area (Å²) in [4.78, 5) is 11.4. The molecule has 0 rings (SSSR count). The lowest BCUT2D eigenvalue weighted by atomic mass is 9.96. The summed E-state index contributed by atoms with van der Waals surface area (Å²) in [7, 11) is 1.69. The SMILES string of the molecule is COCCCCNC(=O)C(C)(C)C. The van der Waals surface area contributed by atoms with Crippen molar-refractivity contribution in [2.75, 3.05) is 20.3 Å². The van der Waals surface area contributed by atoms with Gasteiger partial charge in [-0.2, -0.15) is 0 Å². The molecule has 78 valence electrons. The molecular formula is C10H21NO2. The Morgan fingerprint density at radius 2 is 1.92 bits per heavy atom. The van der Waals surface area contributed by atoms with E-state index in [2.05, 4.69) is 5.32 Å². The molecule has 0 heterocycles. The molecule has 0 bridgehead atoms. The van der Waals surface area contributed by atoms with E-state index in [4.69, 9.17) is 4.74 Å². The van der Waals surface area contributed by atoms with E-state index in [1.54, 1.807) is 7.11 Å². The summed E-state index contributed by atoms with van der Waals surface area (Å²) in [5.74, 6) is 0.116. The van der Waals surface area contributed by atoms with Crippen molar-refractivity contribution in [1.29, 1.82) is 0 Å². The molecule has 0 radical (unpaired) electrons. The van der Waals surface area contributed by atoms with Gasteiger partial charge in [0.2, 0.25) is 5.91 Å². The number of ether oxygens (including phenoxy) is 1. The van der Waals surface area contributed by atoms with Gasteiger partial charge in [-0.15, -0.1) is 0 Å². The zero-order valence-electron chi connectivity index (χ0n) is 9.14. The fraction of sp³-hybridized carbons (Fsp3) is 0.900. The van der Waals surface area contributed by atoms with Crippen molar-refractivity contribution < 1.29 is 9.53 Å². The van der Waals surface area contributed by atoms with Gasteiger partial charge in [0.25, 0.3) is 0 Å². The van der Waals surface area contributed by atoms with Gasteiger partial charge in [0.1, 0.15) is 0 Å². The van der Waals surface area contributed by atoms with E-state index < -0.39 is 0 Å². The minimum absolute atomic E-state index is 0.116. The summed E-state index contributed by atoms with van der Waals surface area (Å²) in [6, 6.07) is 0. The molecular weight excluding hydrogens is 166 g/mol. The van der Waals surface area contributed by atoms with Crippen LogP contribution in [-0.4, -0.2) is 26.2 Å². The van der Waals surface area contributed by atoms with Crippen LogP contribution >= 0.6 is 0 Å². The Bertz CT molecular complexity index is 149. The van der Waals surface area contributed by atoms with Crippen LogP contribution in [0.15, 0.2) is 0 Å². The summed E-state index contributed by atoms with van der Waals surface area (Å²) in [6.07, 6.45) is 1.98. The van der Waals surface area contributed by atoms with Gasteiger partial charge < -0.3 is 10.1 Å². The van der Waals surface area contributed by atoms with Gasteiger partial charge in [0, 0.05) is 25.7 Å². The fourth-order valence-electron chi connectivity index (χ4n) is 0.838. The third-order valence-electron chi connectivity index (χ3n) is 1.74. The molecule has 0 saturated heterocycles. The molecule has 0 aromatic carbocycles. The highest BCUT2D eigenvalue weighted by molar-refractivity contribution is 5.81. The van der Waals surface area contributed by atoms with Crippen LogP contribution in [0, 0.1) is 5.41 Å². The number of hydrogen-bond acceptors (Lipinski definition) is 2. The van der Waals surface area contributed by atoms with Crippen molar-refractivity contribution in [2.24, 2.45) is 5.41 Å². The molecule has 1 N–H and O–H groups in total. The standard InChI is InChI=1S/C10H21NO2/c1-10(2,3)9(12)11-7-5-6-8-13-4/h5-8H2,1-4H3,(H,11,12). The van der Waals surface area contributed by atoms with E-state index in [1.807, 2.05) is 20.8 Å². The number of carbonyl (C=O) groups excluding carboxylic acids is 1. The summed E-state index contributed by atoms with van der Waals surface area (Å²) >= 11 is 0. The lowest BCUT2D eigenvalue weighted by Crippen LogP contribution is -2.35. The summed E-state index contributed by atoms with van der Waals surface area (Å²) in [5.41, 5.74) is -0.277. The molecule has 0 aromatic rings. The number of nitrogens with one attached hydrogen (secondary N) is 1. The zero-order chi connectivity index (χ0) is 10.3. The third kappa shape index (κ3) is 6.58. The van der Waals surface area contributed by atoms with Crippen LogP contribution in [0.25, 0.3) is 0 Å². The van der Waals surface area contributed by atoms with E-state index in [-0.39, 0.29) is 11.3 Å². The molecule has 0 fully saturated rings. The predicted octanol–water partition coefficient (Wildman–Crippen LogP) is 1.58. The molecule has 0 aliphatic carbocycles. The van der Waals surface area contributed by atoms with Crippen LogP contribution < -0.4 is 5.32 Å². The fourth-order valence-corrected chi connectivity index (χ4v) is 0.838. The average Bonchev–Trinajstić information content (AvgIpc) is 2.02. The second kappa shape index (κ2) is 5.97. The van der Waals surface area contributed by atoms with Crippen molar-refractivity contribution in [2.45, 2.75) is 33.6 Å². The van der Waals surface area contributed by atoms with E-state index in [9.17, 15) is 4.79 Å². The first-order valence-electron chi connectivity index (χ1n) is 4.75. The average molecular weight is 187 g/mol. The Balaban J connectivity index is 3.38. The van der Waals surface area contributed by atoms with Gasteiger partial charge in [0.05, 0.1) is 0 Å². The normalized spacial score (nSPS) is 11.4. The molecule has 0 unspecified atom stereocenters. The van der Waals surface area contributed by atoms with Gasteiger partial charge in [-0.3, -0.25) is 4.79 Å². The molecule has 0 saturated carbocycles. The molecule has 3 heteroatoms. The minimum atomic E-state index is -0.277. The summed E-state index contributed by atoms with van der Waals surface area (Å²) in [5, 5.41) is 2.89. The van der Waals surface area contributed by atoms with E-state index in [0.29, 0.717) is 0 Å². The third-order valence-corrected chi connectivity index (χ3v) is 1.74. The van der Waals surface area contributed by atoms with Gasteiger partial charge in [-0.25, -0.2) is 0 Å². The first-order chi connectivity index (χ1) is 5.98. The van der Waals surface area contributed by atoms with Crippen molar-refractivity contribution >= 4 is 5.91 Å². The first kappa shape index (κ1) is 12.4. The van der Waals surface area contributed by atoms with Crippen molar-refractivity contribution in [1.82, 2.24) is 5.32 Å². The van der Waals surface area contributed by atoms with E-state index >= 15 is 0 Å². The summed E-state index contributed by atoms with van der Waals surface area (Å²) < 4.78 is 4.90. The molecule has 0 aromatic heterocycles. The molecule has 0 aliphatic rings. The van der Waals surface area contributed by atoms with Crippen molar-refractivity contribution in [3.05, 3.63) is 0 Å². The maximum absolute atomic E-state index is 11.4. The minimum Gasteiger partial charge on any atom is -0.385 e. The van der Waals surface area contributed by atoms with Crippen molar-refractivity contribution in [3.8, 4) is 0 Å². The lowest BCUT2D eigenvalue weighted by Gasteiger charge is -2.17. The predicted molar refractivity (Wildman–Crippen MR) is 53.6 cm³/mol. The van der Waals surface area contributed by atoms with Crippen molar-refractivity contribution in [3.63, 3.8) is 0 Å². The van der Waals surface area contributed by atoms with E-state index in [0.717, 1.165) is 26.0 Å². The summed E-state index contributed by atoms with van der Waals surface area (Å²) in [6.45, 7) is 7.26. The van der Waals surface area contributed by atoms with Crippen LogP contribution in [0.2, 0.25) is 0 Å². The highest BCUT2D eigenvalue weighted by Crippen LogP contribution is 2.12. The molecule has 0 aliphatic heterocycles. The van der Waals surface area contributed by atoms with Gasteiger partial charge in [0.15, 0.2) is 0 Å². The smallest absolute Gasteiger partial charge is 0.225 e. The monoisotopic (exact) mass is 187 g/mol. The second-order valence-corrected chi connectivity index (χ2v) is 4.21. The molecule has 13 heavy (non-hydrogen) atoms. The van der Waals surface area contributed by atoms with Crippen LogP contribution in [0.5, 0.6) is 0 Å². The molecule has 0 atom stereocenters. The Labute approximate surface area is 80.8 Å². The highest BCUT2D eigenvalue weighted by Gasteiger charge is 2.19. The van der Waals surface area contributed by atoms with Gasteiger partial charge in [-0.05, 0) is 12.8 Å². The quantitative estimate of drug-likeness (QED) is 0.663. The number of methoxy groups -OCH3 is 1. The highest BCUT2D eigenvalue weighted by atomic mass is 16.5. The van der Waals surface area contributed by atoms with Crippen LogP contribution in [0.1, 0.15) is 33.6 Å². The molecule has 0 spiro atoms. The zero-order valence-corrected chi connectivity index (χ0v) is 9.14. The Morgan fingerprint density at radius 3 is 2.38 bits per heavy atom. The molecule has 1 amide bonds. The number of amides is 1. The van der Waals surface area contributed by atoms with Crippen LogP contribution in [0.3, 0.4) is 0 Å². The first-order valence-corrected chi connectivity index (χ1v) is 4.75. The largest absolute Gasteiger partial charge is 0.385 e. The number of carbonyl (C=O) groups is 1. The topological polar surface area (TPSA) is 38.3 Å². The van der Waals surface area contributed by atoms with Crippen LogP contribution in [0.4, 0.5) is 0 Å². The van der Waals surface area contributed by atoms with Crippen LogP contribution in [-0.2, 0) is 9.53 Å². The van der Waals surface area contributed by atoms with E-state index in [1.165, 1.54) is 0 Å². The Kier molecular flexibility index (Phi) is 5.71. The Hall–Kier alpha value is -0.570. The number of hydrogen-bond donors (Lipinski definition) is 1. The maximum atomic E-state index is 11.4. The second-order valence-electron chi connectivity index (χ2n) is 4.21. The maximum Gasteiger partial charge on any atom is 0.225 e. The van der Waals surface area contributed by atoms with Gasteiger partial charge in [-0.1, -0.05) is 20.8 Å².